The van der Waals surface area contributed by atoms with Crippen molar-refractivity contribution >= 4 is 0 Å². The first-order valence-corrected chi connectivity index (χ1v) is 20.9. The number of fused-ring (bicyclic) bond motifs is 2. The quantitative estimate of drug-likeness (QED) is 0.162. The molecule has 55 heavy (non-hydrogen) atoms. The van der Waals surface area contributed by atoms with Gasteiger partial charge in [0.05, 0.1) is 48.8 Å². The Hall–Kier alpha value is -0.560. The van der Waals surface area contributed by atoms with Gasteiger partial charge in [-0.15, -0.1) is 0 Å². The largest absolute Gasteiger partial charge is 0.394 e. The van der Waals surface area contributed by atoms with Crippen molar-refractivity contribution in [1.82, 2.24) is 0 Å². The summed E-state index contributed by atoms with van der Waals surface area (Å²) in [6.07, 6.45) is -7.48. The Labute approximate surface area is 324 Å². The summed E-state index contributed by atoms with van der Waals surface area (Å²) in [6, 6.07) is 0. The topological polar surface area (TPSA) is 228 Å². The summed E-state index contributed by atoms with van der Waals surface area (Å²) >= 11 is 0. The van der Waals surface area contributed by atoms with Gasteiger partial charge in [0, 0.05) is 5.92 Å². The van der Waals surface area contributed by atoms with Crippen LogP contribution >= 0.6 is 0 Å². The molecule has 21 atom stereocenters. The zero-order valence-corrected chi connectivity index (χ0v) is 33.6. The Balaban J connectivity index is 1.15. The first-order chi connectivity index (χ1) is 25.5. The predicted molar refractivity (Wildman–Crippen MR) is 194 cm³/mol. The highest BCUT2D eigenvalue weighted by atomic mass is 16.7. The molecule has 2 spiro atoms. The Morgan fingerprint density at radius 3 is 2.05 bits per heavy atom. The van der Waals surface area contributed by atoms with Crippen LogP contribution < -0.4 is 0 Å². The standard InChI is InChI=1S/C41H68O14/c1-35(2)24(54-33-29(48)26(45)20(44)17-51-33)9-11-41-18-40(41)13-12-37(5)31(39(7)10-8-25(55-39)36(3,4)50)19(43)15-38(37,6)23(40)14-21(32(35)41)52-34-30(49)28(47)27(46)22(16-42)53-34/h19-34,42-50H,8-18H2,1-7H3/t19-,20+,21-,22+,23-,24-,25-,26-,27-,28-,29+,30+,31-,32-,33-,34+,37+,38-,39+,40-,41+/m1/s1. The highest BCUT2D eigenvalue weighted by Crippen LogP contribution is 2.89. The molecular formula is C41H68O14. The van der Waals surface area contributed by atoms with E-state index in [4.69, 9.17) is 23.7 Å². The molecule has 0 radical (unpaired) electrons. The van der Waals surface area contributed by atoms with E-state index < -0.39 is 96.8 Å². The van der Waals surface area contributed by atoms with E-state index in [-0.39, 0.29) is 52.1 Å². The first kappa shape index (κ1) is 41.2. The summed E-state index contributed by atoms with van der Waals surface area (Å²) in [4.78, 5) is 0. The van der Waals surface area contributed by atoms with Crippen LogP contribution in [0.15, 0.2) is 0 Å². The van der Waals surface area contributed by atoms with Crippen molar-refractivity contribution in [3.8, 4) is 0 Å². The molecule has 14 heteroatoms. The summed E-state index contributed by atoms with van der Waals surface area (Å²) in [7, 11) is 0. The minimum atomic E-state index is -1.60. The van der Waals surface area contributed by atoms with Crippen LogP contribution in [-0.4, -0.2) is 150 Å². The highest BCUT2D eigenvalue weighted by molar-refractivity contribution is 5.33. The summed E-state index contributed by atoms with van der Waals surface area (Å²) in [6.45, 7) is 13.8. The highest BCUT2D eigenvalue weighted by Gasteiger charge is 2.85. The van der Waals surface area contributed by atoms with E-state index in [1.807, 2.05) is 0 Å². The second-order valence-electron chi connectivity index (χ2n) is 21.1. The molecular weight excluding hydrogens is 716 g/mol. The molecule has 8 fully saturated rings. The molecule has 316 valence electrons. The number of rotatable bonds is 7. The number of aliphatic hydroxyl groups is 9. The van der Waals surface area contributed by atoms with Crippen LogP contribution in [0.2, 0.25) is 0 Å². The van der Waals surface area contributed by atoms with Gasteiger partial charge in [0.2, 0.25) is 0 Å². The van der Waals surface area contributed by atoms with Gasteiger partial charge < -0.3 is 69.6 Å². The molecule has 3 saturated heterocycles. The zero-order valence-electron chi connectivity index (χ0n) is 33.6. The molecule has 14 nitrogen and oxygen atoms in total. The molecule has 5 aliphatic carbocycles. The number of hydrogen-bond acceptors (Lipinski definition) is 14. The molecule has 0 aromatic carbocycles. The SMILES string of the molecule is CC(C)(O)[C@H]1CC[C@@](C)([C@@H]2[C@H](O)C[C@]3(C)[C@H]4C[C@@H](O[C@H]5O[C@@H](CO)[C@@H](O)[C@@H](O)[C@@H]5O)[C@@H]5C(C)(C)[C@H](O[C@H]6OC[C@H](O)[C@@H](O)[C@@H]6O)CC[C@]56C[C@]46CC[C@@]23C)O1. The van der Waals surface area contributed by atoms with E-state index in [9.17, 15) is 46.0 Å². The van der Waals surface area contributed by atoms with E-state index >= 15 is 0 Å². The number of aliphatic hydroxyl groups excluding tert-OH is 8. The van der Waals surface area contributed by atoms with Crippen molar-refractivity contribution < 1.29 is 69.6 Å². The van der Waals surface area contributed by atoms with Crippen LogP contribution in [0.25, 0.3) is 0 Å². The van der Waals surface area contributed by atoms with Crippen molar-refractivity contribution in [3.05, 3.63) is 0 Å². The Morgan fingerprint density at radius 1 is 0.709 bits per heavy atom. The van der Waals surface area contributed by atoms with Gasteiger partial charge >= 0.3 is 0 Å². The molecule has 3 heterocycles. The molecule has 0 unspecified atom stereocenters. The third-order valence-corrected chi connectivity index (χ3v) is 17.6. The smallest absolute Gasteiger partial charge is 0.186 e. The lowest BCUT2D eigenvalue weighted by atomic mass is 9.41. The van der Waals surface area contributed by atoms with E-state index in [1.54, 1.807) is 13.8 Å². The van der Waals surface area contributed by atoms with Crippen molar-refractivity contribution in [2.75, 3.05) is 13.2 Å². The summed E-state index contributed by atoms with van der Waals surface area (Å²) < 4.78 is 31.9. The van der Waals surface area contributed by atoms with E-state index in [0.717, 1.165) is 32.1 Å². The molecule has 9 N–H and O–H groups in total. The van der Waals surface area contributed by atoms with Gasteiger partial charge in [0.25, 0.3) is 0 Å². The van der Waals surface area contributed by atoms with Crippen molar-refractivity contribution in [3.63, 3.8) is 0 Å². The number of ether oxygens (including phenoxy) is 5. The maximum absolute atomic E-state index is 12.2. The molecule has 0 amide bonds. The molecule has 0 bridgehead atoms. The van der Waals surface area contributed by atoms with Crippen LogP contribution in [0, 0.1) is 44.8 Å². The summed E-state index contributed by atoms with van der Waals surface area (Å²) in [5, 5.41) is 97.2. The van der Waals surface area contributed by atoms with E-state index in [0.29, 0.717) is 25.7 Å². The van der Waals surface area contributed by atoms with Crippen LogP contribution in [0.5, 0.6) is 0 Å². The van der Waals surface area contributed by atoms with Crippen LogP contribution in [0.4, 0.5) is 0 Å². The molecule has 3 aliphatic heterocycles. The monoisotopic (exact) mass is 784 g/mol. The maximum Gasteiger partial charge on any atom is 0.186 e. The second kappa shape index (κ2) is 13.2. The molecule has 8 rings (SSSR count). The second-order valence-corrected chi connectivity index (χ2v) is 21.1. The van der Waals surface area contributed by atoms with Gasteiger partial charge in [0.15, 0.2) is 12.6 Å². The fourth-order valence-electron chi connectivity index (χ4n) is 14.9. The van der Waals surface area contributed by atoms with Crippen LogP contribution in [0.3, 0.4) is 0 Å². The third-order valence-electron chi connectivity index (χ3n) is 17.6. The third kappa shape index (κ3) is 5.70. The summed E-state index contributed by atoms with van der Waals surface area (Å²) in [5.74, 6) is -0.215. The fourth-order valence-corrected chi connectivity index (χ4v) is 14.9. The van der Waals surface area contributed by atoms with Gasteiger partial charge in [-0.1, -0.05) is 27.7 Å². The molecule has 5 saturated carbocycles. The molecule has 8 aliphatic rings. The van der Waals surface area contributed by atoms with Crippen LogP contribution in [0.1, 0.15) is 106 Å². The number of hydrogen-bond donors (Lipinski definition) is 9. The van der Waals surface area contributed by atoms with Gasteiger partial charge in [0.1, 0.15) is 42.7 Å². The van der Waals surface area contributed by atoms with E-state index in [1.165, 1.54) is 0 Å². The van der Waals surface area contributed by atoms with Gasteiger partial charge in [-0.2, -0.15) is 0 Å². The van der Waals surface area contributed by atoms with Crippen molar-refractivity contribution in [2.45, 2.75) is 197 Å². The Kier molecular flexibility index (Phi) is 9.90. The lowest BCUT2D eigenvalue weighted by Crippen LogP contribution is -2.65. The Morgan fingerprint density at radius 2 is 1.40 bits per heavy atom. The minimum Gasteiger partial charge on any atom is -0.394 e. The van der Waals surface area contributed by atoms with Gasteiger partial charge in [-0.3, -0.25) is 0 Å². The van der Waals surface area contributed by atoms with Gasteiger partial charge in [-0.25, -0.2) is 0 Å². The van der Waals surface area contributed by atoms with Crippen LogP contribution in [-0.2, 0) is 23.7 Å². The predicted octanol–water partition coefficient (Wildman–Crippen LogP) is 0.724. The summed E-state index contributed by atoms with van der Waals surface area (Å²) in [5.41, 5.74) is -3.16. The minimum absolute atomic E-state index is 0.0633. The first-order valence-electron chi connectivity index (χ1n) is 20.9. The average molecular weight is 785 g/mol. The van der Waals surface area contributed by atoms with Crippen molar-refractivity contribution in [1.29, 1.82) is 0 Å². The normalized spacial score (nSPS) is 58.7. The van der Waals surface area contributed by atoms with Gasteiger partial charge in [-0.05, 0) is 117 Å². The van der Waals surface area contributed by atoms with Crippen molar-refractivity contribution in [2.24, 2.45) is 44.8 Å². The lowest BCUT2D eigenvalue weighted by Gasteiger charge is -2.65. The zero-order chi connectivity index (χ0) is 40.1. The maximum atomic E-state index is 12.2. The molecule has 0 aromatic rings. The Bertz CT molecular complexity index is 1460. The molecule has 0 aromatic heterocycles. The lowest BCUT2D eigenvalue weighted by molar-refractivity contribution is -0.339. The fraction of sp³-hybridized carbons (Fsp3) is 1.00. The average Bonchev–Trinajstić information content (AvgIpc) is 3.47. The van der Waals surface area contributed by atoms with E-state index in [2.05, 4.69) is 34.6 Å².